The van der Waals surface area contributed by atoms with Gasteiger partial charge in [-0.15, -0.1) is 0 Å². The van der Waals surface area contributed by atoms with Crippen LogP contribution < -0.4 is 17.0 Å². The molecule has 2 aromatic heterocycles. The number of aromatic nitrogens is 4. The van der Waals surface area contributed by atoms with E-state index < -0.39 is 11.2 Å². The molecule has 0 spiro atoms. The van der Waals surface area contributed by atoms with Crippen molar-refractivity contribution in [2.45, 2.75) is 26.3 Å². The van der Waals surface area contributed by atoms with E-state index >= 15 is 0 Å². The SMILES string of the molecule is Cc1c(N)[nH]c(=O)n(Cc2nc(CCc3ccc(Cl)cc3)no2)c1=O. The van der Waals surface area contributed by atoms with Gasteiger partial charge in [-0.2, -0.15) is 4.98 Å². The molecule has 0 bridgehead atoms. The van der Waals surface area contributed by atoms with E-state index in [2.05, 4.69) is 15.1 Å². The maximum Gasteiger partial charge on any atom is 0.330 e. The first-order valence-electron chi connectivity index (χ1n) is 7.59. The Morgan fingerprint density at radius 1 is 1.24 bits per heavy atom. The van der Waals surface area contributed by atoms with Gasteiger partial charge in [0, 0.05) is 11.4 Å². The fourth-order valence-corrected chi connectivity index (χ4v) is 2.45. The number of aromatic amines is 1. The summed E-state index contributed by atoms with van der Waals surface area (Å²) in [6.45, 7) is 1.43. The van der Waals surface area contributed by atoms with Gasteiger partial charge >= 0.3 is 5.69 Å². The van der Waals surface area contributed by atoms with Gasteiger partial charge in [0.1, 0.15) is 12.4 Å². The van der Waals surface area contributed by atoms with E-state index in [9.17, 15) is 9.59 Å². The summed E-state index contributed by atoms with van der Waals surface area (Å²) in [5.41, 5.74) is 5.82. The molecule has 1 aromatic carbocycles. The van der Waals surface area contributed by atoms with Gasteiger partial charge in [-0.25, -0.2) is 4.79 Å². The average molecular weight is 362 g/mol. The fraction of sp³-hybridized carbons (Fsp3) is 0.250. The van der Waals surface area contributed by atoms with Crippen LogP contribution >= 0.6 is 11.6 Å². The van der Waals surface area contributed by atoms with Gasteiger partial charge < -0.3 is 10.3 Å². The van der Waals surface area contributed by atoms with Gasteiger partial charge in [0.15, 0.2) is 5.82 Å². The van der Waals surface area contributed by atoms with Crippen LogP contribution in [0.5, 0.6) is 0 Å². The van der Waals surface area contributed by atoms with Crippen molar-refractivity contribution >= 4 is 17.4 Å². The Morgan fingerprint density at radius 3 is 2.68 bits per heavy atom. The van der Waals surface area contributed by atoms with Crippen molar-refractivity contribution < 1.29 is 4.52 Å². The summed E-state index contributed by atoms with van der Waals surface area (Å²) in [4.78, 5) is 30.6. The van der Waals surface area contributed by atoms with Crippen molar-refractivity contribution in [1.82, 2.24) is 19.7 Å². The van der Waals surface area contributed by atoms with Crippen molar-refractivity contribution in [3.63, 3.8) is 0 Å². The molecule has 0 amide bonds. The zero-order valence-corrected chi connectivity index (χ0v) is 14.2. The third kappa shape index (κ3) is 3.80. The average Bonchev–Trinajstić information content (AvgIpc) is 3.04. The van der Waals surface area contributed by atoms with Crippen molar-refractivity contribution in [2.75, 3.05) is 5.73 Å². The molecule has 3 aromatic rings. The monoisotopic (exact) mass is 361 g/mol. The first-order chi connectivity index (χ1) is 11.9. The van der Waals surface area contributed by atoms with Crippen LogP contribution in [0.1, 0.15) is 22.8 Å². The lowest BCUT2D eigenvalue weighted by molar-refractivity contribution is 0.362. The third-order valence-corrected chi connectivity index (χ3v) is 4.06. The van der Waals surface area contributed by atoms with Crippen LogP contribution in [-0.2, 0) is 19.4 Å². The van der Waals surface area contributed by atoms with Crippen molar-refractivity contribution in [1.29, 1.82) is 0 Å². The second-order valence-corrected chi connectivity index (χ2v) is 6.03. The van der Waals surface area contributed by atoms with Gasteiger partial charge in [-0.05, 0) is 31.0 Å². The summed E-state index contributed by atoms with van der Waals surface area (Å²) in [5, 5.41) is 4.56. The zero-order chi connectivity index (χ0) is 18.0. The van der Waals surface area contributed by atoms with Gasteiger partial charge in [-0.3, -0.25) is 14.3 Å². The number of hydrogen-bond donors (Lipinski definition) is 2. The molecule has 2 heterocycles. The van der Waals surface area contributed by atoms with Crippen LogP contribution in [0.2, 0.25) is 5.02 Å². The Balaban J connectivity index is 1.72. The molecule has 9 heteroatoms. The molecule has 3 rings (SSSR count). The summed E-state index contributed by atoms with van der Waals surface area (Å²) in [7, 11) is 0. The zero-order valence-electron chi connectivity index (χ0n) is 13.5. The second-order valence-electron chi connectivity index (χ2n) is 5.59. The number of anilines is 1. The maximum absolute atomic E-state index is 12.1. The first-order valence-corrected chi connectivity index (χ1v) is 7.97. The quantitative estimate of drug-likeness (QED) is 0.706. The van der Waals surface area contributed by atoms with E-state index in [1.165, 1.54) is 6.92 Å². The summed E-state index contributed by atoms with van der Waals surface area (Å²) in [6, 6.07) is 7.50. The Morgan fingerprint density at radius 2 is 1.96 bits per heavy atom. The number of nitrogens with two attached hydrogens (primary N) is 1. The number of benzene rings is 1. The predicted octanol–water partition coefficient (Wildman–Crippen LogP) is 1.30. The van der Waals surface area contributed by atoms with Crippen LogP contribution in [0.15, 0.2) is 38.4 Å². The number of nitrogen functional groups attached to an aromatic ring is 1. The van der Waals surface area contributed by atoms with E-state index in [0.717, 1.165) is 16.6 Å². The second kappa shape index (κ2) is 6.94. The maximum atomic E-state index is 12.1. The number of hydrogen-bond acceptors (Lipinski definition) is 6. The molecule has 0 saturated carbocycles. The number of aryl methyl sites for hydroxylation is 2. The molecule has 0 aliphatic heterocycles. The van der Waals surface area contributed by atoms with Crippen LogP contribution in [-0.4, -0.2) is 19.7 Å². The molecule has 3 N–H and O–H groups in total. The van der Waals surface area contributed by atoms with Crippen LogP contribution in [0, 0.1) is 6.92 Å². The Bertz CT molecular complexity index is 1000. The fourth-order valence-electron chi connectivity index (χ4n) is 2.33. The summed E-state index contributed by atoms with van der Waals surface area (Å²) >= 11 is 5.85. The lowest BCUT2D eigenvalue weighted by Crippen LogP contribution is -2.37. The summed E-state index contributed by atoms with van der Waals surface area (Å²) in [5.74, 6) is 0.741. The van der Waals surface area contributed by atoms with E-state index in [1.54, 1.807) is 0 Å². The minimum absolute atomic E-state index is 0.0560. The molecule has 0 atom stereocenters. The molecule has 0 saturated heterocycles. The molecule has 130 valence electrons. The van der Waals surface area contributed by atoms with Crippen molar-refractivity contribution in [3.8, 4) is 0 Å². The summed E-state index contributed by atoms with van der Waals surface area (Å²) in [6.07, 6.45) is 1.29. The molecular weight excluding hydrogens is 346 g/mol. The highest BCUT2D eigenvalue weighted by Gasteiger charge is 2.13. The van der Waals surface area contributed by atoms with Gasteiger partial charge in [-0.1, -0.05) is 28.9 Å². The Kier molecular flexibility index (Phi) is 4.71. The minimum Gasteiger partial charge on any atom is -0.385 e. The molecule has 0 unspecified atom stereocenters. The predicted molar refractivity (Wildman–Crippen MR) is 92.7 cm³/mol. The molecule has 8 nitrogen and oxygen atoms in total. The smallest absolute Gasteiger partial charge is 0.330 e. The molecule has 0 aliphatic carbocycles. The van der Waals surface area contributed by atoms with E-state index in [-0.39, 0.29) is 23.8 Å². The van der Waals surface area contributed by atoms with Gasteiger partial charge in [0.2, 0.25) is 5.89 Å². The van der Waals surface area contributed by atoms with Gasteiger partial charge in [0.05, 0.1) is 5.56 Å². The largest absolute Gasteiger partial charge is 0.385 e. The normalized spacial score (nSPS) is 11.0. The highest BCUT2D eigenvalue weighted by molar-refractivity contribution is 6.30. The lowest BCUT2D eigenvalue weighted by atomic mass is 10.1. The van der Waals surface area contributed by atoms with Gasteiger partial charge in [0.25, 0.3) is 5.56 Å². The lowest BCUT2D eigenvalue weighted by Gasteiger charge is -2.04. The van der Waals surface area contributed by atoms with Crippen LogP contribution in [0.25, 0.3) is 0 Å². The molecule has 0 radical (unpaired) electrons. The van der Waals surface area contributed by atoms with Crippen molar-refractivity contribution in [2.24, 2.45) is 0 Å². The molecular formula is C16H16ClN5O3. The van der Waals surface area contributed by atoms with E-state index in [4.69, 9.17) is 21.9 Å². The topological polar surface area (TPSA) is 120 Å². The number of nitrogens with one attached hydrogen (secondary N) is 1. The number of H-pyrrole nitrogens is 1. The van der Waals surface area contributed by atoms with Crippen LogP contribution in [0.3, 0.4) is 0 Å². The Hall–Kier alpha value is -2.87. The Labute approximate surface area is 147 Å². The van der Waals surface area contributed by atoms with Crippen molar-refractivity contribution in [3.05, 3.63) is 73.0 Å². The van der Waals surface area contributed by atoms with E-state index in [0.29, 0.717) is 17.3 Å². The molecule has 25 heavy (non-hydrogen) atoms. The first kappa shape index (κ1) is 17.0. The number of nitrogens with zero attached hydrogens (tertiary/aromatic N) is 3. The minimum atomic E-state index is -0.617. The standard InChI is InChI=1S/C16H16ClN5O3/c1-9-14(18)20-16(24)22(15(9)23)8-13-19-12(21-25-13)7-4-10-2-5-11(17)6-3-10/h2-3,5-6H,4,7-8,18H2,1H3,(H,20,24). The highest BCUT2D eigenvalue weighted by Crippen LogP contribution is 2.11. The molecule has 0 fully saturated rings. The molecule has 0 aliphatic rings. The summed E-state index contributed by atoms with van der Waals surface area (Å²) < 4.78 is 6.10. The highest BCUT2D eigenvalue weighted by atomic mass is 35.5. The number of halogens is 1. The number of rotatable bonds is 5. The van der Waals surface area contributed by atoms with Crippen LogP contribution in [0.4, 0.5) is 5.82 Å². The third-order valence-electron chi connectivity index (χ3n) is 3.81. The van der Waals surface area contributed by atoms with E-state index in [1.807, 2.05) is 24.3 Å².